The van der Waals surface area contributed by atoms with Gasteiger partial charge in [-0.3, -0.25) is 9.69 Å². The third-order valence-corrected chi connectivity index (χ3v) is 5.21. The van der Waals surface area contributed by atoms with Crippen molar-refractivity contribution in [3.05, 3.63) is 29.8 Å². The van der Waals surface area contributed by atoms with E-state index in [0.717, 1.165) is 30.8 Å². The minimum absolute atomic E-state index is 0.161. The molecule has 24 heavy (non-hydrogen) atoms. The number of sulfone groups is 1. The third kappa shape index (κ3) is 6.13. The molecule has 0 aliphatic carbocycles. The average Bonchev–Trinajstić information content (AvgIpc) is 2.58. The van der Waals surface area contributed by atoms with Crippen molar-refractivity contribution in [2.24, 2.45) is 0 Å². The van der Waals surface area contributed by atoms with Gasteiger partial charge in [-0.2, -0.15) is 0 Å². The number of nitrogens with zero attached hydrogens (tertiary/aromatic N) is 2. The predicted octanol–water partition coefficient (Wildman–Crippen LogP) is 0.817. The van der Waals surface area contributed by atoms with Gasteiger partial charge in [-0.1, -0.05) is 12.1 Å². The van der Waals surface area contributed by atoms with Crippen molar-refractivity contribution in [3.8, 4) is 5.75 Å². The van der Waals surface area contributed by atoms with Crippen LogP contribution in [0.3, 0.4) is 0 Å². The van der Waals surface area contributed by atoms with Gasteiger partial charge >= 0.3 is 0 Å². The summed E-state index contributed by atoms with van der Waals surface area (Å²) in [5, 5.41) is 0. The van der Waals surface area contributed by atoms with Crippen molar-refractivity contribution in [1.82, 2.24) is 9.80 Å². The lowest BCUT2D eigenvalue weighted by atomic mass is 10.1. The molecule has 1 aliphatic heterocycles. The van der Waals surface area contributed by atoms with Crippen molar-refractivity contribution < 1.29 is 17.9 Å². The molecular formula is C17H26N2O4S. The van der Waals surface area contributed by atoms with Crippen LogP contribution in [-0.4, -0.2) is 76.0 Å². The Labute approximate surface area is 144 Å². The second kappa shape index (κ2) is 8.48. The van der Waals surface area contributed by atoms with E-state index in [1.807, 2.05) is 29.2 Å². The molecule has 0 atom stereocenters. The number of carbonyl (C=O) groups excluding carboxylic acids is 1. The molecule has 0 N–H and O–H groups in total. The molecule has 6 nitrogen and oxygen atoms in total. The molecule has 0 aromatic heterocycles. The smallest absolute Gasteiger partial charge is 0.222 e. The van der Waals surface area contributed by atoms with Crippen LogP contribution in [0.25, 0.3) is 0 Å². The number of piperazine rings is 1. The molecule has 1 heterocycles. The first-order chi connectivity index (χ1) is 11.4. The number of hydrogen-bond acceptors (Lipinski definition) is 5. The average molecular weight is 354 g/mol. The van der Waals surface area contributed by atoms with Crippen LogP contribution in [0, 0.1) is 0 Å². The maximum absolute atomic E-state index is 12.3. The van der Waals surface area contributed by atoms with E-state index in [1.54, 1.807) is 7.11 Å². The molecule has 134 valence electrons. The number of rotatable bonds is 7. The second-order valence-corrected chi connectivity index (χ2v) is 8.46. The summed E-state index contributed by atoms with van der Waals surface area (Å²) in [6, 6.07) is 7.77. The van der Waals surface area contributed by atoms with Crippen molar-refractivity contribution in [2.75, 3.05) is 51.8 Å². The van der Waals surface area contributed by atoms with Crippen LogP contribution in [0.4, 0.5) is 0 Å². The van der Waals surface area contributed by atoms with E-state index in [0.29, 0.717) is 26.1 Å². The van der Waals surface area contributed by atoms with Crippen molar-refractivity contribution in [1.29, 1.82) is 0 Å². The lowest BCUT2D eigenvalue weighted by Crippen LogP contribution is -2.49. The molecule has 1 aromatic carbocycles. The van der Waals surface area contributed by atoms with E-state index in [2.05, 4.69) is 4.90 Å². The van der Waals surface area contributed by atoms with Gasteiger partial charge in [0, 0.05) is 45.4 Å². The van der Waals surface area contributed by atoms with Crippen LogP contribution < -0.4 is 4.74 Å². The zero-order valence-corrected chi connectivity index (χ0v) is 15.2. The molecule has 1 fully saturated rings. The number of aryl methyl sites for hydroxylation is 1. The minimum Gasteiger partial charge on any atom is -0.497 e. The molecule has 0 radical (unpaired) electrons. The van der Waals surface area contributed by atoms with E-state index >= 15 is 0 Å². The molecule has 0 saturated carbocycles. The third-order valence-electron chi connectivity index (χ3n) is 4.29. The number of benzene rings is 1. The highest BCUT2D eigenvalue weighted by atomic mass is 32.2. The Bertz CT molecular complexity index is 635. The molecule has 1 aliphatic rings. The summed E-state index contributed by atoms with van der Waals surface area (Å²) in [4.78, 5) is 16.3. The summed E-state index contributed by atoms with van der Waals surface area (Å²) >= 11 is 0. The second-order valence-electron chi connectivity index (χ2n) is 6.20. The maximum Gasteiger partial charge on any atom is 0.222 e. The summed E-state index contributed by atoms with van der Waals surface area (Å²) in [6.45, 7) is 3.37. The van der Waals surface area contributed by atoms with Gasteiger partial charge in [0.15, 0.2) is 0 Å². The highest BCUT2D eigenvalue weighted by Gasteiger charge is 2.21. The summed E-state index contributed by atoms with van der Waals surface area (Å²) in [5.74, 6) is 1.15. The lowest BCUT2D eigenvalue weighted by molar-refractivity contribution is -0.132. The van der Waals surface area contributed by atoms with Gasteiger partial charge in [0.05, 0.1) is 12.9 Å². The minimum atomic E-state index is -2.93. The predicted molar refractivity (Wildman–Crippen MR) is 94.0 cm³/mol. The molecule has 0 bridgehead atoms. The summed E-state index contributed by atoms with van der Waals surface area (Å²) in [7, 11) is -1.30. The van der Waals surface area contributed by atoms with E-state index in [9.17, 15) is 13.2 Å². The molecule has 1 amide bonds. The first kappa shape index (κ1) is 18.7. The van der Waals surface area contributed by atoms with Crippen LogP contribution in [0.2, 0.25) is 0 Å². The van der Waals surface area contributed by atoms with E-state index in [4.69, 9.17) is 4.74 Å². The monoisotopic (exact) mass is 354 g/mol. The standard InChI is InChI=1S/C17H26N2O4S/c1-23-16-6-3-15(4-7-16)5-8-17(20)19-11-9-18(10-12-19)13-14-24(2,21)22/h3-4,6-7H,5,8-14H2,1-2H3. The summed E-state index contributed by atoms with van der Waals surface area (Å²) in [6.07, 6.45) is 2.47. The van der Waals surface area contributed by atoms with E-state index < -0.39 is 9.84 Å². The highest BCUT2D eigenvalue weighted by Crippen LogP contribution is 2.13. The Morgan fingerprint density at radius 1 is 1.12 bits per heavy atom. The van der Waals surface area contributed by atoms with Gasteiger partial charge in [0.1, 0.15) is 15.6 Å². The van der Waals surface area contributed by atoms with Crippen LogP contribution in [0.15, 0.2) is 24.3 Å². The summed E-state index contributed by atoms with van der Waals surface area (Å²) in [5.41, 5.74) is 1.12. The largest absolute Gasteiger partial charge is 0.497 e. The Morgan fingerprint density at radius 2 is 1.75 bits per heavy atom. The Kier molecular flexibility index (Phi) is 6.62. The van der Waals surface area contributed by atoms with Gasteiger partial charge < -0.3 is 9.64 Å². The van der Waals surface area contributed by atoms with E-state index in [1.165, 1.54) is 6.26 Å². The quantitative estimate of drug-likeness (QED) is 0.725. The fraction of sp³-hybridized carbons (Fsp3) is 0.588. The molecule has 1 aromatic rings. The molecule has 0 spiro atoms. The molecular weight excluding hydrogens is 328 g/mol. The fourth-order valence-electron chi connectivity index (χ4n) is 2.72. The Morgan fingerprint density at radius 3 is 2.29 bits per heavy atom. The van der Waals surface area contributed by atoms with Crippen molar-refractivity contribution in [2.45, 2.75) is 12.8 Å². The Balaban J connectivity index is 1.72. The molecule has 1 saturated heterocycles. The molecule has 2 rings (SSSR count). The van der Waals surface area contributed by atoms with Crippen LogP contribution in [0.1, 0.15) is 12.0 Å². The number of hydrogen-bond donors (Lipinski definition) is 0. The van der Waals surface area contributed by atoms with Gasteiger partial charge in [0.25, 0.3) is 0 Å². The number of amides is 1. The maximum atomic E-state index is 12.3. The van der Waals surface area contributed by atoms with E-state index in [-0.39, 0.29) is 11.7 Å². The first-order valence-electron chi connectivity index (χ1n) is 8.18. The zero-order valence-electron chi connectivity index (χ0n) is 14.4. The number of ether oxygens (including phenoxy) is 1. The van der Waals surface area contributed by atoms with Crippen LogP contribution >= 0.6 is 0 Å². The van der Waals surface area contributed by atoms with Gasteiger partial charge in [-0.15, -0.1) is 0 Å². The topological polar surface area (TPSA) is 66.9 Å². The zero-order chi connectivity index (χ0) is 17.6. The first-order valence-corrected chi connectivity index (χ1v) is 10.2. The number of carbonyl (C=O) groups is 1. The molecule has 7 heteroatoms. The fourth-order valence-corrected chi connectivity index (χ4v) is 3.31. The SMILES string of the molecule is COc1ccc(CCC(=O)N2CCN(CCS(C)(=O)=O)CC2)cc1. The van der Waals surface area contributed by atoms with Crippen molar-refractivity contribution in [3.63, 3.8) is 0 Å². The normalized spacial score (nSPS) is 16.2. The highest BCUT2D eigenvalue weighted by molar-refractivity contribution is 7.90. The molecule has 0 unspecified atom stereocenters. The number of methoxy groups -OCH3 is 1. The van der Waals surface area contributed by atoms with Crippen molar-refractivity contribution >= 4 is 15.7 Å². The van der Waals surface area contributed by atoms with Crippen LogP contribution in [-0.2, 0) is 21.1 Å². The Hall–Kier alpha value is -1.60. The van der Waals surface area contributed by atoms with Gasteiger partial charge in [0.2, 0.25) is 5.91 Å². The van der Waals surface area contributed by atoms with Crippen LogP contribution in [0.5, 0.6) is 5.75 Å². The summed E-state index contributed by atoms with van der Waals surface area (Å²) < 4.78 is 27.5. The van der Waals surface area contributed by atoms with Gasteiger partial charge in [-0.25, -0.2) is 8.42 Å². The lowest BCUT2D eigenvalue weighted by Gasteiger charge is -2.34. The van der Waals surface area contributed by atoms with Gasteiger partial charge in [-0.05, 0) is 24.1 Å².